The number of aliphatic hydroxyl groups is 1. The fourth-order valence-electron chi connectivity index (χ4n) is 1.12. The van der Waals surface area contributed by atoms with Crippen LogP contribution in [0.2, 0.25) is 0 Å². The molecule has 1 atom stereocenters. The number of aromatic nitrogens is 2. The molecule has 0 bridgehead atoms. The molecule has 0 saturated carbocycles. The highest BCUT2D eigenvalue weighted by Crippen LogP contribution is 1.88. The quantitative estimate of drug-likeness (QED) is 0.423. The molecular weight excluding hydrogens is 228 g/mol. The number of carbonyl (C=O) groups excluding carboxylic acids is 1. The molecule has 0 spiro atoms. The second-order valence-corrected chi connectivity index (χ2v) is 3.26. The van der Waals surface area contributed by atoms with E-state index in [1.165, 1.54) is 0 Å². The Kier molecular flexibility index (Phi) is 4.95. The van der Waals surface area contributed by atoms with Crippen LogP contribution in [0.25, 0.3) is 0 Å². The first-order chi connectivity index (χ1) is 8.13. The Balaban J connectivity index is 2.23. The molecule has 0 aliphatic rings. The van der Waals surface area contributed by atoms with Gasteiger partial charge in [-0.1, -0.05) is 0 Å². The van der Waals surface area contributed by atoms with Crippen LogP contribution in [0, 0.1) is 0 Å². The molecule has 0 radical (unpaired) electrons. The van der Waals surface area contributed by atoms with Crippen molar-refractivity contribution in [1.29, 1.82) is 0 Å². The maximum atomic E-state index is 11.2. The number of aliphatic hydroxyl groups excluding tert-OH is 1. The Labute approximate surface area is 97.1 Å². The van der Waals surface area contributed by atoms with Crippen molar-refractivity contribution in [3.05, 3.63) is 18.2 Å². The first-order valence-electron chi connectivity index (χ1n) is 4.99. The summed E-state index contributed by atoms with van der Waals surface area (Å²) in [5.74, 6) is -0.559. The van der Waals surface area contributed by atoms with Crippen molar-refractivity contribution in [2.24, 2.45) is 0 Å². The number of aliphatic carboxylic acids is 1. The summed E-state index contributed by atoms with van der Waals surface area (Å²) >= 11 is 0. The molecule has 1 heterocycles. The molecule has 1 rings (SSSR count). The zero-order chi connectivity index (χ0) is 12.7. The minimum absolute atomic E-state index is 0.317. The maximum absolute atomic E-state index is 11.2. The number of carboxylic acid groups (broad SMARTS) is 1. The largest absolute Gasteiger partial charge is 0.480 e. The van der Waals surface area contributed by atoms with Crippen LogP contribution in [0.5, 0.6) is 0 Å². The Morgan fingerprint density at radius 2 is 2.29 bits per heavy atom. The van der Waals surface area contributed by atoms with Gasteiger partial charge in [0.15, 0.2) is 6.04 Å². The third-order valence-corrected chi connectivity index (χ3v) is 1.99. The molecule has 0 aliphatic carbocycles. The van der Waals surface area contributed by atoms with Crippen LogP contribution in [-0.2, 0) is 11.2 Å². The van der Waals surface area contributed by atoms with Crippen LogP contribution in [0.15, 0.2) is 12.4 Å². The number of aromatic amines is 1. The molecule has 94 valence electrons. The van der Waals surface area contributed by atoms with Gasteiger partial charge in [0.2, 0.25) is 0 Å². The summed E-state index contributed by atoms with van der Waals surface area (Å²) < 4.78 is 0. The normalized spacial score (nSPS) is 11.8. The van der Waals surface area contributed by atoms with E-state index in [4.69, 9.17) is 10.2 Å². The van der Waals surface area contributed by atoms with E-state index >= 15 is 0 Å². The smallest absolute Gasteiger partial charge is 0.328 e. The van der Waals surface area contributed by atoms with E-state index in [0.717, 1.165) is 5.82 Å². The minimum Gasteiger partial charge on any atom is -0.480 e. The van der Waals surface area contributed by atoms with Gasteiger partial charge in [0, 0.05) is 25.4 Å². The van der Waals surface area contributed by atoms with E-state index in [1.807, 2.05) is 0 Å². The maximum Gasteiger partial charge on any atom is 0.328 e. The van der Waals surface area contributed by atoms with Gasteiger partial charge >= 0.3 is 12.0 Å². The van der Waals surface area contributed by atoms with Crippen molar-refractivity contribution in [3.8, 4) is 0 Å². The number of H-pyrrole nitrogens is 1. The summed E-state index contributed by atoms with van der Waals surface area (Å²) in [7, 11) is 0. The molecule has 2 amide bonds. The van der Waals surface area contributed by atoms with Gasteiger partial charge in [-0.2, -0.15) is 0 Å². The number of rotatable bonds is 6. The third kappa shape index (κ3) is 4.51. The van der Waals surface area contributed by atoms with E-state index in [2.05, 4.69) is 20.6 Å². The van der Waals surface area contributed by atoms with Crippen LogP contribution in [0.1, 0.15) is 5.82 Å². The number of carboxylic acids is 1. The molecule has 1 aromatic rings. The van der Waals surface area contributed by atoms with Gasteiger partial charge in [-0.05, 0) is 0 Å². The molecule has 0 aromatic carbocycles. The van der Waals surface area contributed by atoms with Crippen molar-refractivity contribution >= 4 is 12.0 Å². The van der Waals surface area contributed by atoms with Gasteiger partial charge in [0.1, 0.15) is 5.82 Å². The topological polar surface area (TPSA) is 127 Å². The summed E-state index contributed by atoms with van der Waals surface area (Å²) in [6.45, 7) is -0.335. The lowest BCUT2D eigenvalue weighted by Gasteiger charge is -2.12. The summed E-state index contributed by atoms with van der Waals surface area (Å²) in [4.78, 5) is 28.5. The lowest BCUT2D eigenvalue weighted by molar-refractivity contribution is -0.140. The average molecular weight is 242 g/mol. The first-order valence-corrected chi connectivity index (χ1v) is 4.99. The van der Waals surface area contributed by atoms with E-state index in [-0.39, 0.29) is 0 Å². The van der Waals surface area contributed by atoms with Crippen LogP contribution < -0.4 is 10.6 Å². The van der Waals surface area contributed by atoms with E-state index in [1.54, 1.807) is 12.4 Å². The highest BCUT2D eigenvalue weighted by molar-refractivity contribution is 5.82. The number of hydrogen-bond donors (Lipinski definition) is 5. The number of nitrogens with zero attached hydrogens (tertiary/aromatic N) is 1. The first kappa shape index (κ1) is 13.0. The number of carbonyl (C=O) groups is 2. The molecule has 0 saturated heterocycles. The van der Waals surface area contributed by atoms with Crippen molar-refractivity contribution in [3.63, 3.8) is 0 Å². The Hall–Kier alpha value is -2.09. The van der Waals surface area contributed by atoms with Gasteiger partial charge in [0.25, 0.3) is 0 Å². The number of imidazole rings is 1. The SMILES string of the molecule is O=C(NCCc1ncc[nH]1)NC(CO)C(=O)O. The Morgan fingerprint density at radius 3 is 2.82 bits per heavy atom. The Morgan fingerprint density at radius 1 is 1.53 bits per heavy atom. The molecule has 8 heteroatoms. The lowest BCUT2D eigenvalue weighted by atomic mass is 10.3. The second kappa shape index (κ2) is 6.48. The van der Waals surface area contributed by atoms with E-state index in [0.29, 0.717) is 13.0 Å². The summed E-state index contributed by atoms with van der Waals surface area (Å²) in [6, 6.07) is -1.93. The van der Waals surface area contributed by atoms with Crippen LogP contribution in [0.4, 0.5) is 4.79 Å². The molecule has 8 nitrogen and oxygen atoms in total. The van der Waals surface area contributed by atoms with Gasteiger partial charge in [-0.15, -0.1) is 0 Å². The Bertz CT molecular complexity index is 365. The molecular formula is C9H14N4O4. The molecule has 1 unspecified atom stereocenters. The number of hydrogen-bond acceptors (Lipinski definition) is 4. The second-order valence-electron chi connectivity index (χ2n) is 3.26. The highest BCUT2D eigenvalue weighted by Gasteiger charge is 2.18. The number of amides is 2. The van der Waals surface area contributed by atoms with E-state index in [9.17, 15) is 9.59 Å². The monoisotopic (exact) mass is 242 g/mol. The van der Waals surface area contributed by atoms with Gasteiger partial charge < -0.3 is 25.8 Å². The zero-order valence-electron chi connectivity index (χ0n) is 9.01. The standard InChI is InChI=1S/C9H14N4O4/c14-5-6(8(15)16)13-9(17)12-2-1-7-10-3-4-11-7/h3-4,6,14H,1-2,5H2,(H,10,11)(H,15,16)(H2,12,13,17). The molecule has 0 fully saturated rings. The zero-order valence-corrected chi connectivity index (χ0v) is 9.01. The van der Waals surface area contributed by atoms with Crippen molar-refractivity contribution in [1.82, 2.24) is 20.6 Å². The molecule has 0 aliphatic heterocycles. The average Bonchev–Trinajstić information content (AvgIpc) is 2.78. The summed E-state index contributed by atoms with van der Waals surface area (Å²) in [6.07, 6.45) is 3.78. The minimum atomic E-state index is -1.29. The van der Waals surface area contributed by atoms with Gasteiger partial charge in [0.05, 0.1) is 6.61 Å². The summed E-state index contributed by atoms with van der Waals surface area (Å²) in [5, 5.41) is 21.8. The third-order valence-electron chi connectivity index (χ3n) is 1.99. The van der Waals surface area contributed by atoms with Crippen molar-refractivity contribution in [2.75, 3.05) is 13.2 Å². The van der Waals surface area contributed by atoms with Crippen LogP contribution >= 0.6 is 0 Å². The van der Waals surface area contributed by atoms with Crippen molar-refractivity contribution < 1.29 is 19.8 Å². The fourth-order valence-corrected chi connectivity index (χ4v) is 1.12. The molecule has 1 aromatic heterocycles. The van der Waals surface area contributed by atoms with Gasteiger partial charge in [-0.3, -0.25) is 0 Å². The number of nitrogens with one attached hydrogen (secondary N) is 3. The molecule has 17 heavy (non-hydrogen) atoms. The fraction of sp³-hybridized carbons (Fsp3) is 0.444. The highest BCUT2D eigenvalue weighted by atomic mass is 16.4. The van der Waals surface area contributed by atoms with Crippen molar-refractivity contribution in [2.45, 2.75) is 12.5 Å². The number of urea groups is 1. The van der Waals surface area contributed by atoms with Crippen LogP contribution in [-0.4, -0.2) is 51.4 Å². The predicted octanol–water partition coefficient (Wildman–Crippen LogP) is -1.30. The van der Waals surface area contributed by atoms with Gasteiger partial charge in [-0.25, -0.2) is 14.6 Å². The molecule has 5 N–H and O–H groups in total. The lowest BCUT2D eigenvalue weighted by Crippen LogP contribution is -2.48. The van der Waals surface area contributed by atoms with E-state index < -0.39 is 24.6 Å². The van der Waals surface area contributed by atoms with Crippen LogP contribution in [0.3, 0.4) is 0 Å². The summed E-state index contributed by atoms with van der Waals surface area (Å²) in [5.41, 5.74) is 0. The predicted molar refractivity (Wildman–Crippen MR) is 57.3 cm³/mol.